The molecule has 6 nitrogen and oxygen atoms in total. The Bertz CT molecular complexity index is 721. The van der Waals surface area contributed by atoms with E-state index in [1.807, 2.05) is 18.2 Å². The molecule has 0 amide bonds. The van der Waals surface area contributed by atoms with E-state index in [0.29, 0.717) is 54.0 Å². The zero-order valence-corrected chi connectivity index (χ0v) is 12.6. The van der Waals surface area contributed by atoms with Crippen LogP contribution in [0.1, 0.15) is 23.0 Å². The molecule has 0 saturated heterocycles. The summed E-state index contributed by atoms with van der Waals surface area (Å²) in [5.74, 6) is 0.966. The molecule has 6 heteroatoms. The lowest BCUT2D eigenvalue weighted by atomic mass is 10.1. The number of hydrogen-bond acceptors (Lipinski definition) is 5. The third-order valence-corrected chi connectivity index (χ3v) is 3.54. The van der Waals surface area contributed by atoms with E-state index in [-0.39, 0.29) is 0 Å². The summed E-state index contributed by atoms with van der Waals surface area (Å²) in [6, 6.07) is 5.57. The Kier molecular flexibility index (Phi) is 3.66. The van der Waals surface area contributed by atoms with Gasteiger partial charge in [-0.15, -0.1) is 0 Å². The fourth-order valence-electron chi connectivity index (χ4n) is 2.54. The number of benzene rings is 1. The van der Waals surface area contributed by atoms with E-state index in [1.165, 1.54) is 0 Å². The largest absolute Gasteiger partial charge is 0.486 e. The second-order valence-corrected chi connectivity index (χ2v) is 4.99. The number of nitrogen functional groups attached to an aromatic ring is 1. The van der Waals surface area contributed by atoms with Crippen molar-refractivity contribution in [3.63, 3.8) is 0 Å². The molecule has 1 aliphatic heterocycles. The summed E-state index contributed by atoms with van der Waals surface area (Å²) >= 11 is 0. The van der Waals surface area contributed by atoms with Gasteiger partial charge in [0.25, 0.3) is 0 Å². The number of ether oxygens (including phenoxy) is 3. The van der Waals surface area contributed by atoms with Crippen molar-refractivity contribution in [2.45, 2.75) is 13.8 Å². The lowest BCUT2D eigenvalue weighted by Gasteiger charge is -2.18. The van der Waals surface area contributed by atoms with Gasteiger partial charge in [0.2, 0.25) is 0 Å². The number of H-pyrrole nitrogens is 1. The normalized spacial score (nSPS) is 13.0. The van der Waals surface area contributed by atoms with Gasteiger partial charge in [0.05, 0.1) is 18.0 Å². The molecule has 0 saturated carbocycles. The van der Waals surface area contributed by atoms with Gasteiger partial charge in [-0.2, -0.15) is 0 Å². The number of anilines is 1. The Hall–Kier alpha value is -2.63. The number of nitrogens with one attached hydrogen (secondary N) is 1. The van der Waals surface area contributed by atoms with E-state index in [4.69, 9.17) is 19.9 Å². The molecule has 0 atom stereocenters. The minimum Gasteiger partial charge on any atom is -0.486 e. The van der Waals surface area contributed by atoms with Gasteiger partial charge >= 0.3 is 5.97 Å². The number of aromatic nitrogens is 1. The summed E-state index contributed by atoms with van der Waals surface area (Å²) in [4.78, 5) is 15.1. The van der Waals surface area contributed by atoms with Gasteiger partial charge in [0.1, 0.15) is 18.8 Å². The number of esters is 1. The molecule has 0 fully saturated rings. The number of aryl methyl sites for hydroxylation is 1. The molecule has 0 aliphatic carbocycles. The summed E-state index contributed by atoms with van der Waals surface area (Å²) in [5, 5.41) is 0. The number of nitrogens with two attached hydrogens (primary N) is 1. The predicted octanol–water partition coefficient (Wildman–Crippen LogP) is 2.52. The van der Waals surface area contributed by atoms with Gasteiger partial charge in [-0.25, -0.2) is 4.79 Å². The van der Waals surface area contributed by atoms with Crippen molar-refractivity contribution >= 4 is 11.7 Å². The van der Waals surface area contributed by atoms with Gasteiger partial charge in [0, 0.05) is 11.3 Å². The van der Waals surface area contributed by atoms with Crippen LogP contribution in [0, 0.1) is 6.92 Å². The smallest absolute Gasteiger partial charge is 0.342 e. The van der Waals surface area contributed by atoms with Crippen LogP contribution < -0.4 is 15.2 Å². The van der Waals surface area contributed by atoms with E-state index in [0.717, 1.165) is 5.56 Å². The predicted molar refractivity (Wildman–Crippen MR) is 82.3 cm³/mol. The lowest BCUT2D eigenvalue weighted by molar-refractivity contribution is 0.0527. The Balaban J connectivity index is 2.02. The van der Waals surface area contributed by atoms with Crippen LogP contribution in [0.15, 0.2) is 18.2 Å². The Morgan fingerprint density at radius 2 is 2.05 bits per heavy atom. The molecular weight excluding hydrogens is 284 g/mol. The summed E-state index contributed by atoms with van der Waals surface area (Å²) in [6.07, 6.45) is 0. The quantitative estimate of drug-likeness (QED) is 0.851. The van der Waals surface area contributed by atoms with E-state index in [9.17, 15) is 4.79 Å². The number of hydrogen-bond donors (Lipinski definition) is 2. The summed E-state index contributed by atoms with van der Waals surface area (Å²) in [5.41, 5.74) is 9.10. The highest BCUT2D eigenvalue weighted by Gasteiger charge is 2.22. The maximum atomic E-state index is 12.0. The first kappa shape index (κ1) is 14.3. The Labute approximate surface area is 128 Å². The molecule has 3 N–H and O–H groups in total. The van der Waals surface area contributed by atoms with Crippen LogP contribution in [-0.4, -0.2) is 30.8 Å². The maximum absolute atomic E-state index is 12.0. The van der Waals surface area contributed by atoms with Crippen LogP contribution >= 0.6 is 0 Å². The van der Waals surface area contributed by atoms with E-state index in [2.05, 4.69) is 4.98 Å². The highest BCUT2D eigenvalue weighted by Crippen LogP contribution is 2.37. The SMILES string of the molecule is CCOC(=O)c1c(C)[nH]c(-c2ccc3c(c2)OCCO3)c1N. The van der Waals surface area contributed by atoms with E-state index < -0.39 is 5.97 Å². The maximum Gasteiger partial charge on any atom is 0.342 e. The third kappa shape index (κ3) is 2.36. The van der Waals surface area contributed by atoms with Gasteiger partial charge in [-0.1, -0.05) is 0 Å². The van der Waals surface area contributed by atoms with E-state index >= 15 is 0 Å². The highest BCUT2D eigenvalue weighted by atomic mass is 16.6. The molecule has 1 aromatic heterocycles. The Morgan fingerprint density at radius 3 is 2.77 bits per heavy atom. The van der Waals surface area contributed by atoms with Crippen LogP contribution in [0.2, 0.25) is 0 Å². The number of carbonyl (C=O) groups excluding carboxylic acids is 1. The average Bonchev–Trinajstić information content (AvgIpc) is 2.82. The molecule has 3 rings (SSSR count). The van der Waals surface area contributed by atoms with Crippen molar-refractivity contribution in [2.75, 3.05) is 25.6 Å². The fourth-order valence-corrected chi connectivity index (χ4v) is 2.54. The molecule has 0 spiro atoms. The first-order chi connectivity index (χ1) is 10.6. The monoisotopic (exact) mass is 302 g/mol. The Morgan fingerprint density at radius 1 is 1.32 bits per heavy atom. The molecule has 0 unspecified atom stereocenters. The second kappa shape index (κ2) is 5.63. The molecule has 22 heavy (non-hydrogen) atoms. The number of rotatable bonds is 3. The number of fused-ring (bicyclic) bond motifs is 1. The molecule has 2 aromatic rings. The van der Waals surface area contributed by atoms with Crippen molar-refractivity contribution in [3.05, 3.63) is 29.5 Å². The van der Waals surface area contributed by atoms with Gasteiger partial charge in [-0.3, -0.25) is 0 Å². The average molecular weight is 302 g/mol. The van der Waals surface area contributed by atoms with Crippen molar-refractivity contribution in [3.8, 4) is 22.8 Å². The fraction of sp³-hybridized carbons (Fsp3) is 0.312. The first-order valence-corrected chi connectivity index (χ1v) is 7.17. The zero-order chi connectivity index (χ0) is 15.7. The summed E-state index contributed by atoms with van der Waals surface area (Å²) < 4.78 is 16.1. The van der Waals surface area contributed by atoms with Crippen molar-refractivity contribution < 1.29 is 19.0 Å². The van der Waals surface area contributed by atoms with Crippen molar-refractivity contribution in [1.82, 2.24) is 4.98 Å². The minimum absolute atomic E-state index is 0.308. The zero-order valence-electron chi connectivity index (χ0n) is 12.6. The molecule has 0 radical (unpaired) electrons. The van der Waals surface area contributed by atoms with Gasteiger partial charge in [-0.05, 0) is 32.0 Å². The molecule has 1 aliphatic rings. The molecule has 2 heterocycles. The molecule has 0 bridgehead atoms. The van der Waals surface area contributed by atoms with E-state index in [1.54, 1.807) is 13.8 Å². The van der Waals surface area contributed by atoms with Crippen molar-refractivity contribution in [2.24, 2.45) is 0 Å². The van der Waals surface area contributed by atoms with Crippen LogP contribution in [0.4, 0.5) is 5.69 Å². The lowest BCUT2D eigenvalue weighted by Crippen LogP contribution is -2.15. The minimum atomic E-state index is -0.419. The highest BCUT2D eigenvalue weighted by molar-refractivity contribution is 6.00. The second-order valence-electron chi connectivity index (χ2n) is 4.99. The summed E-state index contributed by atoms with van der Waals surface area (Å²) in [7, 11) is 0. The number of carbonyl (C=O) groups is 1. The standard InChI is InChI=1S/C16H18N2O4/c1-3-20-16(19)13-9(2)18-15(14(13)17)10-4-5-11-12(8-10)22-7-6-21-11/h4-5,8,18H,3,6-7,17H2,1-2H3. The number of aromatic amines is 1. The molecular formula is C16H18N2O4. The van der Waals surface area contributed by atoms with Crippen LogP contribution in [0.25, 0.3) is 11.3 Å². The van der Waals surface area contributed by atoms with Gasteiger partial charge < -0.3 is 24.9 Å². The third-order valence-electron chi connectivity index (χ3n) is 3.54. The van der Waals surface area contributed by atoms with Crippen LogP contribution in [0.5, 0.6) is 11.5 Å². The first-order valence-electron chi connectivity index (χ1n) is 7.17. The molecule has 116 valence electrons. The topological polar surface area (TPSA) is 86.6 Å². The molecule has 1 aromatic carbocycles. The van der Waals surface area contributed by atoms with Crippen LogP contribution in [-0.2, 0) is 4.74 Å². The van der Waals surface area contributed by atoms with Gasteiger partial charge in [0.15, 0.2) is 11.5 Å². The van der Waals surface area contributed by atoms with Crippen LogP contribution in [0.3, 0.4) is 0 Å². The summed E-state index contributed by atoms with van der Waals surface area (Å²) in [6.45, 7) is 4.93. The van der Waals surface area contributed by atoms with Crippen molar-refractivity contribution in [1.29, 1.82) is 0 Å².